The molecule has 0 amide bonds. The summed E-state index contributed by atoms with van der Waals surface area (Å²) in [7, 11) is 1.88. The van der Waals surface area contributed by atoms with Crippen LogP contribution in [0.5, 0.6) is 0 Å². The lowest BCUT2D eigenvalue weighted by molar-refractivity contribution is -0.137. The molecule has 2 N–H and O–H groups in total. The summed E-state index contributed by atoms with van der Waals surface area (Å²) in [5.41, 5.74) is 0.148. The molecular weight excluding hydrogens is 357 g/mol. The van der Waals surface area contributed by atoms with Gasteiger partial charge in [-0.25, -0.2) is 9.97 Å². The minimum Gasteiger partial charge on any atom is -0.344 e. The van der Waals surface area contributed by atoms with Crippen molar-refractivity contribution in [3.8, 4) is 0 Å². The minimum absolute atomic E-state index is 0.102. The highest BCUT2D eigenvalue weighted by molar-refractivity contribution is 5.55. The summed E-state index contributed by atoms with van der Waals surface area (Å²) >= 11 is 0. The summed E-state index contributed by atoms with van der Waals surface area (Å²) in [5.74, 6) is 1.39. The first-order valence-corrected chi connectivity index (χ1v) is 8.98. The van der Waals surface area contributed by atoms with Gasteiger partial charge in [0.15, 0.2) is 0 Å². The van der Waals surface area contributed by atoms with E-state index in [4.69, 9.17) is 0 Å². The van der Waals surface area contributed by atoms with Crippen LogP contribution in [0.4, 0.5) is 30.8 Å². The number of halogens is 3. The summed E-state index contributed by atoms with van der Waals surface area (Å²) in [6.07, 6.45) is -1.35. The van der Waals surface area contributed by atoms with Crippen LogP contribution in [0.15, 0.2) is 24.4 Å². The highest BCUT2D eigenvalue weighted by Gasteiger charge is 2.30. The van der Waals surface area contributed by atoms with Crippen molar-refractivity contribution in [1.29, 1.82) is 0 Å². The van der Waals surface area contributed by atoms with Gasteiger partial charge in [0.25, 0.3) is 0 Å². The molecule has 9 heteroatoms. The predicted molar refractivity (Wildman–Crippen MR) is 98.3 cm³/mol. The van der Waals surface area contributed by atoms with E-state index >= 15 is 0 Å². The molecule has 1 fully saturated rings. The Morgan fingerprint density at radius 2 is 1.93 bits per heavy atom. The highest BCUT2D eigenvalue weighted by atomic mass is 19.4. The zero-order valence-corrected chi connectivity index (χ0v) is 15.3. The van der Waals surface area contributed by atoms with Crippen LogP contribution < -0.4 is 15.5 Å². The zero-order chi connectivity index (χ0) is 19.4. The van der Waals surface area contributed by atoms with Gasteiger partial charge in [-0.2, -0.15) is 18.2 Å². The Morgan fingerprint density at radius 3 is 2.59 bits per heavy atom. The normalized spacial score (nSPS) is 15.6. The lowest BCUT2D eigenvalue weighted by Gasteiger charge is -2.24. The molecule has 1 aliphatic heterocycles. The molecule has 0 aromatic carbocycles. The molecule has 0 unspecified atom stereocenters. The van der Waals surface area contributed by atoms with Crippen LogP contribution in [-0.2, 0) is 6.18 Å². The van der Waals surface area contributed by atoms with E-state index in [1.54, 1.807) is 0 Å². The van der Waals surface area contributed by atoms with Crippen LogP contribution in [0.2, 0.25) is 0 Å². The molecule has 1 saturated heterocycles. The maximum absolute atomic E-state index is 12.9. The average Bonchev–Trinajstić information content (AvgIpc) is 2.67. The number of alkyl halides is 3. The van der Waals surface area contributed by atoms with Crippen molar-refractivity contribution >= 4 is 17.6 Å². The summed E-state index contributed by atoms with van der Waals surface area (Å²) in [6, 6.07) is 3.74. The Bertz CT molecular complexity index is 774. The van der Waals surface area contributed by atoms with Gasteiger partial charge in [0.2, 0.25) is 5.95 Å². The van der Waals surface area contributed by atoms with Crippen LogP contribution in [0.3, 0.4) is 0 Å². The van der Waals surface area contributed by atoms with Gasteiger partial charge in [0, 0.05) is 31.8 Å². The largest absolute Gasteiger partial charge is 0.416 e. The molecule has 146 valence electrons. The number of hydrogen-bond donors (Lipinski definition) is 2. The lowest BCUT2D eigenvalue weighted by atomic mass is 9.94. The van der Waals surface area contributed by atoms with Crippen molar-refractivity contribution in [2.45, 2.75) is 31.9 Å². The topological polar surface area (TPSA) is 66.0 Å². The van der Waals surface area contributed by atoms with Gasteiger partial charge in [-0.05, 0) is 45.0 Å². The maximum atomic E-state index is 12.9. The second-order valence-corrected chi connectivity index (χ2v) is 6.57. The molecule has 0 saturated carbocycles. The standard InChI is InChI=1S/C18H23F3N6/c1-3-27(2)17-24-14(12-4-7-22-8-5-12)11-16(26-17)25-15-10-13(6-9-23-15)18(19,20)21/h6,9-12,22H,3-5,7-8H2,1-2H3,(H,23,24,25,26). The van der Waals surface area contributed by atoms with Crippen LogP contribution in [0, 0.1) is 0 Å². The molecular formula is C18H23F3N6. The summed E-state index contributed by atoms with van der Waals surface area (Å²) in [5, 5.41) is 6.23. The van der Waals surface area contributed by atoms with E-state index in [1.807, 2.05) is 24.9 Å². The van der Waals surface area contributed by atoms with Crippen LogP contribution in [0.25, 0.3) is 0 Å². The Kier molecular flexibility index (Phi) is 5.79. The molecule has 0 radical (unpaired) electrons. The van der Waals surface area contributed by atoms with E-state index in [0.717, 1.165) is 56.5 Å². The number of anilines is 3. The van der Waals surface area contributed by atoms with Gasteiger partial charge >= 0.3 is 6.18 Å². The maximum Gasteiger partial charge on any atom is 0.416 e. The molecule has 2 aromatic rings. The van der Waals surface area contributed by atoms with Crippen molar-refractivity contribution in [2.24, 2.45) is 0 Å². The minimum atomic E-state index is -4.42. The van der Waals surface area contributed by atoms with Crippen LogP contribution >= 0.6 is 0 Å². The Labute approximate surface area is 156 Å². The first-order valence-electron chi connectivity index (χ1n) is 8.98. The fourth-order valence-electron chi connectivity index (χ4n) is 2.96. The van der Waals surface area contributed by atoms with Crippen LogP contribution in [0.1, 0.15) is 36.9 Å². The van der Waals surface area contributed by atoms with E-state index in [1.165, 1.54) is 0 Å². The first-order chi connectivity index (χ1) is 12.9. The summed E-state index contributed by atoms with van der Waals surface area (Å²) in [4.78, 5) is 15.0. The quantitative estimate of drug-likeness (QED) is 0.827. The average molecular weight is 380 g/mol. The summed E-state index contributed by atoms with van der Waals surface area (Å²) < 4.78 is 38.8. The third-order valence-corrected chi connectivity index (χ3v) is 4.65. The van der Waals surface area contributed by atoms with Gasteiger partial charge in [0.05, 0.1) is 11.3 Å². The molecule has 0 bridgehead atoms. The predicted octanol–water partition coefficient (Wildman–Crippen LogP) is 3.56. The Morgan fingerprint density at radius 1 is 1.19 bits per heavy atom. The Hall–Kier alpha value is -2.42. The van der Waals surface area contributed by atoms with Crippen LogP contribution in [-0.4, -0.2) is 41.6 Å². The fourth-order valence-corrected chi connectivity index (χ4v) is 2.96. The van der Waals surface area contributed by atoms with E-state index in [0.29, 0.717) is 17.7 Å². The number of nitrogens with zero attached hydrogens (tertiary/aromatic N) is 4. The van der Waals surface area contributed by atoms with Gasteiger partial charge < -0.3 is 15.5 Å². The van der Waals surface area contributed by atoms with E-state index in [2.05, 4.69) is 25.6 Å². The first kappa shape index (κ1) is 19.3. The molecule has 27 heavy (non-hydrogen) atoms. The number of rotatable bonds is 5. The number of aromatic nitrogens is 3. The van der Waals surface area contributed by atoms with Crippen molar-refractivity contribution in [3.05, 3.63) is 35.7 Å². The summed E-state index contributed by atoms with van der Waals surface area (Å²) in [6.45, 7) is 4.55. The molecule has 3 heterocycles. The van der Waals surface area contributed by atoms with Crippen molar-refractivity contribution in [2.75, 3.05) is 36.9 Å². The number of piperidine rings is 1. The molecule has 3 rings (SSSR count). The molecule has 0 atom stereocenters. The second kappa shape index (κ2) is 8.08. The smallest absolute Gasteiger partial charge is 0.344 e. The van der Waals surface area contributed by atoms with Crippen molar-refractivity contribution in [1.82, 2.24) is 20.3 Å². The van der Waals surface area contributed by atoms with E-state index < -0.39 is 11.7 Å². The second-order valence-electron chi connectivity index (χ2n) is 6.57. The molecule has 2 aromatic heterocycles. The van der Waals surface area contributed by atoms with Crippen molar-refractivity contribution in [3.63, 3.8) is 0 Å². The number of hydrogen-bond acceptors (Lipinski definition) is 6. The van der Waals surface area contributed by atoms with Crippen molar-refractivity contribution < 1.29 is 13.2 Å². The van der Waals surface area contributed by atoms with Gasteiger partial charge in [-0.1, -0.05) is 0 Å². The van der Waals surface area contributed by atoms with E-state index in [9.17, 15) is 13.2 Å². The van der Waals surface area contributed by atoms with E-state index in [-0.39, 0.29) is 5.82 Å². The zero-order valence-electron chi connectivity index (χ0n) is 15.3. The third-order valence-electron chi connectivity index (χ3n) is 4.65. The van der Waals surface area contributed by atoms with Gasteiger partial charge in [-0.3, -0.25) is 0 Å². The molecule has 1 aliphatic rings. The number of pyridine rings is 1. The monoisotopic (exact) mass is 380 g/mol. The molecule has 6 nitrogen and oxygen atoms in total. The SMILES string of the molecule is CCN(C)c1nc(Nc2cc(C(F)(F)F)ccn2)cc(C2CCNCC2)n1. The molecule has 0 spiro atoms. The Balaban J connectivity index is 1.92. The third kappa shape index (κ3) is 4.85. The van der Waals surface area contributed by atoms with Gasteiger partial charge in [-0.15, -0.1) is 0 Å². The lowest BCUT2D eigenvalue weighted by Crippen LogP contribution is -2.28. The fraction of sp³-hybridized carbons (Fsp3) is 0.500. The highest BCUT2D eigenvalue weighted by Crippen LogP contribution is 2.31. The van der Waals surface area contributed by atoms with Gasteiger partial charge in [0.1, 0.15) is 11.6 Å². The molecule has 0 aliphatic carbocycles. The number of nitrogens with one attached hydrogen (secondary N) is 2.